The fraction of sp³-hybridized carbons (Fsp3) is 0.533. The maximum Gasteiger partial charge on any atom is 0.253 e. The number of carbonyl (C=O) groups excluding carboxylic acids is 1. The molecular weight excluding hydrogens is 260 g/mol. The Morgan fingerprint density at radius 2 is 2.05 bits per heavy atom. The average molecular weight is 283 g/mol. The van der Waals surface area contributed by atoms with Crippen LogP contribution in [-0.2, 0) is 0 Å². The van der Waals surface area contributed by atoms with Gasteiger partial charge in [0.2, 0.25) is 0 Å². The van der Waals surface area contributed by atoms with E-state index in [1.807, 2.05) is 36.9 Å². The first-order valence-electron chi connectivity index (χ1n) is 6.61. The van der Waals surface area contributed by atoms with Crippen molar-refractivity contribution in [3.8, 4) is 0 Å². The monoisotopic (exact) mass is 282 g/mol. The number of amides is 1. The molecule has 2 atom stereocenters. The van der Waals surface area contributed by atoms with E-state index in [1.54, 1.807) is 0 Å². The molecule has 0 aromatic heterocycles. The van der Waals surface area contributed by atoms with E-state index in [4.69, 9.17) is 5.73 Å². The van der Waals surface area contributed by atoms with E-state index < -0.39 is 0 Å². The predicted octanol–water partition coefficient (Wildman–Crippen LogP) is 2.53. The number of nitrogens with two attached hydrogens (primary N) is 1. The molecule has 1 amide bonds. The summed E-state index contributed by atoms with van der Waals surface area (Å²) < 4.78 is 0. The number of hydrogen-bond acceptors (Lipinski definition) is 2. The van der Waals surface area contributed by atoms with Crippen molar-refractivity contribution in [1.29, 1.82) is 0 Å². The van der Waals surface area contributed by atoms with Crippen LogP contribution in [-0.4, -0.2) is 29.9 Å². The first-order valence-corrected chi connectivity index (χ1v) is 6.61. The fourth-order valence-corrected chi connectivity index (χ4v) is 2.46. The molecule has 0 radical (unpaired) electrons. The second-order valence-corrected chi connectivity index (χ2v) is 5.46. The van der Waals surface area contributed by atoms with Gasteiger partial charge >= 0.3 is 0 Å². The Hall–Kier alpha value is -1.06. The highest BCUT2D eigenvalue weighted by atomic mass is 35.5. The van der Waals surface area contributed by atoms with Crippen molar-refractivity contribution in [1.82, 2.24) is 4.90 Å². The minimum atomic E-state index is 0. The van der Waals surface area contributed by atoms with Gasteiger partial charge in [0.15, 0.2) is 0 Å². The number of nitrogens with zero attached hydrogens (tertiary/aromatic N) is 1. The highest BCUT2D eigenvalue weighted by Crippen LogP contribution is 2.21. The smallest absolute Gasteiger partial charge is 0.253 e. The lowest BCUT2D eigenvalue weighted by atomic mass is 10.0. The van der Waals surface area contributed by atoms with Crippen LogP contribution in [0.5, 0.6) is 0 Å². The van der Waals surface area contributed by atoms with Crippen molar-refractivity contribution in [2.24, 2.45) is 11.7 Å². The molecular formula is C15H23ClN2O. The third-order valence-corrected chi connectivity index (χ3v) is 4.01. The lowest BCUT2D eigenvalue weighted by Gasteiger charge is -2.18. The molecule has 0 bridgehead atoms. The van der Waals surface area contributed by atoms with Gasteiger partial charge in [-0.05, 0) is 56.4 Å². The van der Waals surface area contributed by atoms with Gasteiger partial charge in [-0.3, -0.25) is 4.79 Å². The molecule has 1 heterocycles. The van der Waals surface area contributed by atoms with Gasteiger partial charge in [0.05, 0.1) is 0 Å². The summed E-state index contributed by atoms with van der Waals surface area (Å²) >= 11 is 0. The summed E-state index contributed by atoms with van der Waals surface area (Å²) in [4.78, 5) is 14.3. The van der Waals surface area contributed by atoms with E-state index in [9.17, 15) is 4.79 Å². The van der Waals surface area contributed by atoms with E-state index in [0.29, 0.717) is 5.92 Å². The topological polar surface area (TPSA) is 46.3 Å². The highest BCUT2D eigenvalue weighted by molar-refractivity contribution is 5.94. The van der Waals surface area contributed by atoms with Gasteiger partial charge in [-0.25, -0.2) is 0 Å². The van der Waals surface area contributed by atoms with Gasteiger partial charge in [-0.1, -0.05) is 6.07 Å². The van der Waals surface area contributed by atoms with Crippen LogP contribution >= 0.6 is 12.4 Å². The van der Waals surface area contributed by atoms with Crippen molar-refractivity contribution < 1.29 is 4.79 Å². The molecule has 4 heteroatoms. The number of benzene rings is 1. The predicted molar refractivity (Wildman–Crippen MR) is 80.8 cm³/mol. The molecule has 1 aromatic rings. The molecule has 0 saturated carbocycles. The molecule has 3 nitrogen and oxygen atoms in total. The molecule has 0 aliphatic carbocycles. The van der Waals surface area contributed by atoms with Gasteiger partial charge in [-0.2, -0.15) is 0 Å². The maximum atomic E-state index is 12.4. The van der Waals surface area contributed by atoms with Gasteiger partial charge in [0.25, 0.3) is 5.91 Å². The van der Waals surface area contributed by atoms with Crippen LogP contribution < -0.4 is 5.73 Å². The molecule has 1 aromatic carbocycles. The minimum Gasteiger partial charge on any atom is -0.338 e. The minimum absolute atomic E-state index is 0. The van der Waals surface area contributed by atoms with Crippen molar-refractivity contribution >= 4 is 18.3 Å². The number of likely N-dealkylation sites (tertiary alicyclic amines) is 1. The van der Waals surface area contributed by atoms with Crippen LogP contribution in [0.3, 0.4) is 0 Å². The molecule has 2 rings (SSSR count). The second kappa shape index (κ2) is 6.40. The molecule has 1 aliphatic rings. The number of aryl methyl sites for hydroxylation is 2. The maximum absolute atomic E-state index is 12.4. The third-order valence-electron chi connectivity index (χ3n) is 4.01. The zero-order chi connectivity index (χ0) is 13.3. The average Bonchev–Trinajstić information content (AvgIpc) is 2.81. The summed E-state index contributed by atoms with van der Waals surface area (Å²) in [5.41, 5.74) is 9.09. The summed E-state index contributed by atoms with van der Waals surface area (Å²) in [7, 11) is 0. The Balaban J connectivity index is 0.00000180. The normalized spacial score (nSPS) is 20.0. The molecule has 106 valence electrons. The van der Waals surface area contributed by atoms with E-state index in [1.165, 1.54) is 11.1 Å². The Morgan fingerprint density at radius 1 is 1.37 bits per heavy atom. The molecule has 2 unspecified atom stereocenters. The quantitative estimate of drug-likeness (QED) is 0.906. The van der Waals surface area contributed by atoms with Crippen LogP contribution in [0.2, 0.25) is 0 Å². The Morgan fingerprint density at radius 3 is 2.58 bits per heavy atom. The van der Waals surface area contributed by atoms with Gasteiger partial charge in [-0.15, -0.1) is 12.4 Å². The number of hydrogen-bond donors (Lipinski definition) is 1. The number of rotatable bonds is 2. The zero-order valence-corrected chi connectivity index (χ0v) is 12.7. The Labute approximate surface area is 121 Å². The first kappa shape index (κ1) is 16.0. The molecule has 1 aliphatic heterocycles. The van der Waals surface area contributed by atoms with Gasteiger partial charge < -0.3 is 10.6 Å². The fourth-order valence-electron chi connectivity index (χ4n) is 2.46. The Bertz CT molecular complexity index is 459. The van der Waals surface area contributed by atoms with E-state index in [0.717, 1.165) is 25.1 Å². The largest absolute Gasteiger partial charge is 0.338 e. The summed E-state index contributed by atoms with van der Waals surface area (Å²) in [6.07, 6.45) is 1.02. The molecule has 1 fully saturated rings. The van der Waals surface area contributed by atoms with Gasteiger partial charge in [0.1, 0.15) is 0 Å². The SMILES string of the molecule is Cc1ccc(C(=O)N2CCC(C(C)N)C2)cc1C.Cl. The van der Waals surface area contributed by atoms with Crippen molar-refractivity contribution in [3.05, 3.63) is 34.9 Å². The van der Waals surface area contributed by atoms with E-state index in [2.05, 4.69) is 6.92 Å². The molecule has 19 heavy (non-hydrogen) atoms. The van der Waals surface area contributed by atoms with Crippen LogP contribution in [0, 0.1) is 19.8 Å². The van der Waals surface area contributed by atoms with Crippen LogP contribution in [0.4, 0.5) is 0 Å². The van der Waals surface area contributed by atoms with Crippen molar-refractivity contribution in [2.75, 3.05) is 13.1 Å². The molecule has 0 spiro atoms. The lowest BCUT2D eigenvalue weighted by Crippen LogP contribution is -2.33. The second-order valence-electron chi connectivity index (χ2n) is 5.46. The zero-order valence-electron chi connectivity index (χ0n) is 11.8. The Kier molecular flexibility index (Phi) is 5.39. The summed E-state index contributed by atoms with van der Waals surface area (Å²) in [5.74, 6) is 0.585. The number of halogens is 1. The standard InChI is InChI=1S/C15H22N2O.ClH/c1-10-4-5-13(8-11(10)2)15(18)17-7-6-14(9-17)12(3)16;/h4-5,8,12,14H,6-7,9,16H2,1-3H3;1H. The van der Waals surface area contributed by atoms with Crippen LogP contribution in [0.1, 0.15) is 34.8 Å². The summed E-state index contributed by atoms with van der Waals surface area (Å²) in [6.45, 7) is 7.75. The van der Waals surface area contributed by atoms with E-state index >= 15 is 0 Å². The van der Waals surface area contributed by atoms with Gasteiger partial charge in [0, 0.05) is 24.7 Å². The summed E-state index contributed by atoms with van der Waals surface area (Å²) in [5, 5.41) is 0. The highest BCUT2D eigenvalue weighted by Gasteiger charge is 2.28. The van der Waals surface area contributed by atoms with Crippen molar-refractivity contribution in [3.63, 3.8) is 0 Å². The molecule has 2 N–H and O–H groups in total. The first-order chi connectivity index (χ1) is 8.49. The van der Waals surface area contributed by atoms with Crippen LogP contribution in [0.25, 0.3) is 0 Å². The van der Waals surface area contributed by atoms with E-state index in [-0.39, 0.29) is 24.4 Å². The third kappa shape index (κ3) is 3.48. The van der Waals surface area contributed by atoms with Crippen LogP contribution in [0.15, 0.2) is 18.2 Å². The summed E-state index contributed by atoms with van der Waals surface area (Å²) in [6, 6.07) is 6.09. The molecule has 1 saturated heterocycles. The van der Waals surface area contributed by atoms with Crippen molar-refractivity contribution in [2.45, 2.75) is 33.2 Å². The number of carbonyl (C=O) groups is 1. The lowest BCUT2D eigenvalue weighted by molar-refractivity contribution is 0.0786.